The summed E-state index contributed by atoms with van der Waals surface area (Å²) in [6.45, 7) is 1.46. The summed E-state index contributed by atoms with van der Waals surface area (Å²) in [5.41, 5.74) is 1.97. The quantitative estimate of drug-likeness (QED) is 0.604. The van der Waals surface area contributed by atoms with Crippen LogP contribution in [0.25, 0.3) is 5.57 Å². The van der Waals surface area contributed by atoms with Crippen LogP contribution in [0.1, 0.15) is 19.4 Å². The van der Waals surface area contributed by atoms with Crippen LogP contribution in [0.5, 0.6) is 5.88 Å². The number of hydrogen-bond acceptors (Lipinski definition) is 5. The highest BCUT2D eigenvalue weighted by Gasteiger charge is 2.50. The zero-order chi connectivity index (χ0) is 20.6. The molecule has 2 rings (SSSR count). The van der Waals surface area contributed by atoms with E-state index in [2.05, 4.69) is 9.72 Å². The first kappa shape index (κ1) is 20.6. The Bertz CT molecular complexity index is 814. The largest absolute Gasteiger partial charge is 0.460 e. The molecule has 0 bridgehead atoms. The maximum absolute atomic E-state index is 14.2. The molecule has 5 nitrogen and oxygen atoms in total. The number of hydrogen-bond donors (Lipinski definition) is 2. The van der Waals surface area contributed by atoms with Crippen molar-refractivity contribution in [1.29, 1.82) is 0 Å². The number of nitrogens with two attached hydrogens (primary N) is 2. The zero-order valence-corrected chi connectivity index (χ0v) is 14.2. The molecule has 1 aliphatic rings. The lowest BCUT2D eigenvalue weighted by molar-refractivity contribution is -0.235. The number of halogens is 6. The molecule has 1 aromatic heterocycles. The molecule has 4 N–H and O–H groups in total. The van der Waals surface area contributed by atoms with E-state index in [1.54, 1.807) is 0 Å². The summed E-state index contributed by atoms with van der Waals surface area (Å²) < 4.78 is 83.0. The molecule has 0 saturated carbocycles. The van der Waals surface area contributed by atoms with E-state index < -0.39 is 35.6 Å². The van der Waals surface area contributed by atoms with Crippen molar-refractivity contribution in [2.45, 2.75) is 32.1 Å². The van der Waals surface area contributed by atoms with Crippen molar-refractivity contribution >= 4 is 5.57 Å². The Hall–Kier alpha value is -2.69. The standard InChI is InChI=1S/C16H16F6N4O/c1-15(2,16(20,21)22)27-14-10(17)5-9(7-25-14)8-3-4-26(24)11(6-8)12(23)13(18)19/h3-7,13H,23-24H2,1-2H3/b12-11-. The molecule has 0 amide bonds. The van der Waals surface area contributed by atoms with Crippen molar-refractivity contribution in [3.63, 3.8) is 0 Å². The Kier molecular flexibility index (Phi) is 5.45. The maximum atomic E-state index is 14.2. The normalized spacial score (nSPS) is 17.3. The molecule has 0 saturated heterocycles. The lowest BCUT2D eigenvalue weighted by atomic mass is 10.0. The van der Waals surface area contributed by atoms with Crippen molar-refractivity contribution in [2.24, 2.45) is 11.6 Å². The Labute approximate surface area is 150 Å². The third-order valence-corrected chi connectivity index (χ3v) is 3.69. The summed E-state index contributed by atoms with van der Waals surface area (Å²) in [7, 11) is 0. The Balaban J connectivity index is 2.37. The molecule has 1 aromatic rings. The number of pyridine rings is 1. The summed E-state index contributed by atoms with van der Waals surface area (Å²) >= 11 is 0. The first-order valence-electron chi connectivity index (χ1n) is 7.47. The lowest BCUT2D eigenvalue weighted by Crippen LogP contribution is -2.45. The summed E-state index contributed by atoms with van der Waals surface area (Å²) in [4.78, 5) is 3.56. The van der Waals surface area contributed by atoms with E-state index in [9.17, 15) is 26.3 Å². The minimum Gasteiger partial charge on any atom is -0.460 e. The molecular weight excluding hydrogens is 378 g/mol. The van der Waals surface area contributed by atoms with Crippen LogP contribution in [-0.4, -0.2) is 28.2 Å². The van der Waals surface area contributed by atoms with Crippen LogP contribution in [0, 0.1) is 5.82 Å². The molecule has 0 aromatic carbocycles. The zero-order valence-electron chi connectivity index (χ0n) is 14.2. The van der Waals surface area contributed by atoms with E-state index in [0.29, 0.717) is 0 Å². The van der Waals surface area contributed by atoms with Gasteiger partial charge < -0.3 is 10.5 Å². The van der Waals surface area contributed by atoms with Crippen molar-refractivity contribution in [1.82, 2.24) is 9.99 Å². The number of rotatable bonds is 4. The summed E-state index contributed by atoms with van der Waals surface area (Å²) in [6, 6.07) is 0.868. The van der Waals surface area contributed by atoms with Crippen LogP contribution in [0.2, 0.25) is 0 Å². The van der Waals surface area contributed by atoms with E-state index in [0.717, 1.165) is 31.1 Å². The first-order chi connectivity index (χ1) is 12.3. The average molecular weight is 394 g/mol. The van der Waals surface area contributed by atoms with Crippen molar-refractivity contribution in [2.75, 3.05) is 0 Å². The maximum Gasteiger partial charge on any atom is 0.427 e. The van der Waals surface area contributed by atoms with Gasteiger partial charge in [-0.3, -0.25) is 5.01 Å². The molecule has 0 radical (unpaired) electrons. The van der Waals surface area contributed by atoms with Crippen LogP contribution in [0.3, 0.4) is 0 Å². The number of allylic oxidation sites excluding steroid dienone is 4. The molecule has 11 heteroatoms. The van der Waals surface area contributed by atoms with E-state index in [1.807, 2.05) is 0 Å². The topological polar surface area (TPSA) is 77.4 Å². The second-order valence-electron chi connectivity index (χ2n) is 6.09. The fraction of sp³-hybridized carbons (Fsp3) is 0.312. The number of hydrazine groups is 1. The Morgan fingerprint density at radius 2 is 1.89 bits per heavy atom. The van der Waals surface area contributed by atoms with Crippen LogP contribution in [0.4, 0.5) is 26.3 Å². The highest BCUT2D eigenvalue weighted by Crippen LogP contribution is 2.35. The van der Waals surface area contributed by atoms with Crippen molar-refractivity contribution < 1.29 is 31.1 Å². The molecule has 0 atom stereocenters. The van der Waals surface area contributed by atoms with Gasteiger partial charge in [-0.05, 0) is 37.6 Å². The lowest BCUT2D eigenvalue weighted by Gasteiger charge is -2.28. The Morgan fingerprint density at radius 3 is 2.41 bits per heavy atom. The van der Waals surface area contributed by atoms with E-state index in [-0.39, 0.29) is 16.8 Å². The van der Waals surface area contributed by atoms with E-state index >= 15 is 0 Å². The monoisotopic (exact) mass is 394 g/mol. The summed E-state index contributed by atoms with van der Waals surface area (Å²) in [5, 5.41) is 0.859. The van der Waals surface area contributed by atoms with Gasteiger partial charge in [-0.1, -0.05) is 0 Å². The van der Waals surface area contributed by atoms with Gasteiger partial charge in [0.25, 0.3) is 12.3 Å². The van der Waals surface area contributed by atoms with Crippen LogP contribution in [-0.2, 0) is 0 Å². The van der Waals surface area contributed by atoms with Gasteiger partial charge >= 0.3 is 6.18 Å². The van der Waals surface area contributed by atoms with Crippen LogP contribution < -0.4 is 16.3 Å². The van der Waals surface area contributed by atoms with Gasteiger partial charge in [0.1, 0.15) is 5.70 Å². The van der Waals surface area contributed by atoms with E-state index in [4.69, 9.17) is 11.6 Å². The van der Waals surface area contributed by atoms with Gasteiger partial charge in [-0.15, -0.1) is 0 Å². The molecule has 148 valence electrons. The van der Waals surface area contributed by atoms with Crippen molar-refractivity contribution in [3.05, 3.63) is 53.4 Å². The molecule has 0 fully saturated rings. The SMILES string of the molecule is CC(C)(Oc1ncc(C2=C/C(=C(/N)C(F)F)N(N)C=C2)cc1F)C(F)(F)F. The molecule has 0 unspecified atom stereocenters. The highest BCUT2D eigenvalue weighted by atomic mass is 19.4. The average Bonchev–Trinajstić information content (AvgIpc) is 2.55. The Morgan fingerprint density at radius 1 is 1.26 bits per heavy atom. The van der Waals surface area contributed by atoms with Gasteiger partial charge in [-0.2, -0.15) is 13.2 Å². The molecule has 0 aliphatic carbocycles. The van der Waals surface area contributed by atoms with Gasteiger partial charge in [-0.25, -0.2) is 24.0 Å². The van der Waals surface area contributed by atoms with Gasteiger partial charge in [0.15, 0.2) is 11.4 Å². The third kappa shape index (κ3) is 4.35. The fourth-order valence-electron chi connectivity index (χ4n) is 1.99. The molecule has 0 spiro atoms. The first-order valence-corrected chi connectivity index (χ1v) is 7.47. The summed E-state index contributed by atoms with van der Waals surface area (Å²) in [5.74, 6) is 3.54. The number of alkyl halides is 5. The van der Waals surface area contributed by atoms with Crippen LogP contribution >= 0.6 is 0 Å². The number of ether oxygens (including phenoxy) is 1. The highest BCUT2D eigenvalue weighted by molar-refractivity contribution is 5.77. The molecular formula is C16H16F6N4O. The second kappa shape index (κ2) is 7.14. The minimum atomic E-state index is -4.74. The van der Waals surface area contributed by atoms with Crippen LogP contribution in [0.15, 0.2) is 42.0 Å². The smallest absolute Gasteiger partial charge is 0.427 e. The molecule has 27 heavy (non-hydrogen) atoms. The second-order valence-corrected chi connectivity index (χ2v) is 6.09. The summed E-state index contributed by atoms with van der Waals surface area (Å²) in [6.07, 6.45) is -2.90. The van der Waals surface area contributed by atoms with Gasteiger partial charge in [0, 0.05) is 18.0 Å². The third-order valence-electron chi connectivity index (χ3n) is 3.69. The number of nitrogens with zero attached hydrogens (tertiary/aromatic N) is 2. The molecule has 1 aliphatic heterocycles. The predicted octanol–water partition coefficient (Wildman–Crippen LogP) is 3.46. The fourth-order valence-corrected chi connectivity index (χ4v) is 1.99. The van der Waals surface area contributed by atoms with Gasteiger partial charge in [0.2, 0.25) is 0 Å². The number of aromatic nitrogens is 1. The predicted molar refractivity (Wildman–Crippen MR) is 85.3 cm³/mol. The van der Waals surface area contributed by atoms with Gasteiger partial charge in [0.05, 0.1) is 5.70 Å². The molecule has 2 heterocycles. The minimum absolute atomic E-state index is 0.105. The van der Waals surface area contributed by atoms with E-state index in [1.165, 1.54) is 18.4 Å². The van der Waals surface area contributed by atoms with Crippen molar-refractivity contribution in [3.8, 4) is 5.88 Å².